The summed E-state index contributed by atoms with van der Waals surface area (Å²) in [6, 6.07) is -0.247. The number of nitrogens with two attached hydrogens (primary N) is 1. The Labute approximate surface area is 86.6 Å². The van der Waals surface area contributed by atoms with Gasteiger partial charge in [-0.25, -0.2) is 0 Å². The molecule has 3 nitrogen and oxygen atoms in total. The van der Waals surface area contributed by atoms with E-state index in [1.807, 2.05) is 4.90 Å². The van der Waals surface area contributed by atoms with Gasteiger partial charge in [-0.15, -0.1) is 0 Å². The van der Waals surface area contributed by atoms with Crippen LogP contribution in [0.1, 0.15) is 33.6 Å². The smallest absolute Gasteiger partial charge is 0.239 e. The first-order chi connectivity index (χ1) is 6.52. The van der Waals surface area contributed by atoms with Gasteiger partial charge in [-0.1, -0.05) is 20.8 Å². The Hall–Kier alpha value is -0.570. The van der Waals surface area contributed by atoms with Crippen LogP contribution in [0.4, 0.5) is 0 Å². The first-order valence-electron chi connectivity index (χ1n) is 5.56. The minimum absolute atomic E-state index is 0.142. The van der Waals surface area contributed by atoms with E-state index in [-0.39, 0.29) is 11.9 Å². The highest BCUT2D eigenvalue weighted by molar-refractivity contribution is 5.82. The number of hydrogen-bond acceptors (Lipinski definition) is 2. The number of piperidine rings is 1. The van der Waals surface area contributed by atoms with Gasteiger partial charge >= 0.3 is 0 Å². The highest BCUT2D eigenvalue weighted by Crippen LogP contribution is 2.16. The van der Waals surface area contributed by atoms with E-state index < -0.39 is 0 Å². The molecule has 2 N–H and O–H groups in total. The molecule has 0 aromatic rings. The number of carbonyl (C=O) groups excluding carboxylic acids is 1. The van der Waals surface area contributed by atoms with E-state index in [2.05, 4.69) is 20.8 Å². The molecule has 0 saturated carbocycles. The van der Waals surface area contributed by atoms with Crippen molar-refractivity contribution in [2.24, 2.45) is 17.6 Å². The zero-order chi connectivity index (χ0) is 10.7. The lowest BCUT2D eigenvalue weighted by Crippen LogP contribution is -2.49. The molecule has 0 bridgehead atoms. The second kappa shape index (κ2) is 4.78. The van der Waals surface area contributed by atoms with Gasteiger partial charge in [0.25, 0.3) is 0 Å². The van der Waals surface area contributed by atoms with Crippen molar-refractivity contribution in [3.05, 3.63) is 0 Å². The van der Waals surface area contributed by atoms with Crippen LogP contribution in [0.3, 0.4) is 0 Å². The maximum absolute atomic E-state index is 11.7. The summed E-state index contributed by atoms with van der Waals surface area (Å²) >= 11 is 0. The van der Waals surface area contributed by atoms with Crippen LogP contribution < -0.4 is 5.73 Å². The molecule has 0 aliphatic carbocycles. The standard InChI is InChI=1S/C11H22N2O/c1-8(2)9(3)7-13-6-4-5-10(12)11(13)14/h8-10H,4-7,12H2,1-3H3. The maximum atomic E-state index is 11.7. The van der Waals surface area contributed by atoms with Crippen molar-refractivity contribution in [3.63, 3.8) is 0 Å². The zero-order valence-corrected chi connectivity index (χ0v) is 9.49. The minimum Gasteiger partial charge on any atom is -0.341 e. The molecule has 1 heterocycles. The number of carbonyl (C=O) groups is 1. The van der Waals surface area contributed by atoms with Crippen LogP contribution in [0.15, 0.2) is 0 Å². The molecule has 2 atom stereocenters. The van der Waals surface area contributed by atoms with E-state index in [1.54, 1.807) is 0 Å². The molecular formula is C11H22N2O. The first kappa shape index (κ1) is 11.5. The fourth-order valence-corrected chi connectivity index (χ4v) is 1.71. The lowest BCUT2D eigenvalue weighted by atomic mass is 9.96. The van der Waals surface area contributed by atoms with Crippen molar-refractivity contribution in [3.8, 4) is 0 Å². The third kappa shape index (κ3) is 2.71. The Morgan fingerprint density at radius 1 is 1.50 bits per heavy atom. The monoisotopic (exact) mass is 198 g/mol. The Morgan fingerprint density at radius 3 is 2.71 bits per heavy atom. The van der Waals surface area contributed by atoms with E-state index in [0.29, 0.717) is 11.8 Å². The fourth-order valence-electron chi connectivity index (χ4n) is 1.71. The summed E-state index contributed by atoms with van der Waals surface area (Å²) in [5, 5.41) is 0. The quantitative estimate of drug-likeness (QED) is 0.741. The van der Waals surface area contributed by atoms with Crippen LogP contribution in [0, 0.1) is 11.8 Å². The summed E-state index contributed by atoms with van der Waals surface area (Å²) in [4.78, 5) is 13.6. The third-order valence-corrected chi connectivity index (χ3v) is 3.22. The molecule has 2 unspecified atom stereocenters. The predicted octanol–water partition coefficient (Wildman–Crippen LogP) is 1.23. The molecule has 14 heavy (non-hydrogen) atoms. The van der Waals surface area contributed by atoms with Gasteiger partial charge in [0.15, 0.2) is 0 Å². The van der Waals surface area contributed by atoms with Gasteiger partial charge < -0.3 is 10.6 Å². The average Bonchev–Trinajstić information content (AvgIpc) is 2.12. The van der Waals surface area contributed by atoms with Crippen molar-refractivity contribution in [2.45, 2.75) is 39.7 Å². The lowest BCUT2D eigenvalue weighted by molar-refractivity contribution is -0.135. The topological polar surface area (TPSA) is 46.3 Å². The van der Waals surface area contributed by atoms with Gasteiger partial charge in [0.1, 0.15) is 0 Å². The van der Waals surface area contributed by atoms with Crippen molar-refractivity contribution in [2.75, 3.05) is 13.1 Å². The Kier molecular flexibility index (Phi) is 3.93. The summed E-state index contributed by atoms with van der Waals surface area (Å²) in [7, 11) is 0. The van der Waals surface area contributed by atoms with Crippen molar-refractivity contribution >= 4 is 5.91 Å². The van der Waals surface area contributed by atoms with Crippen LogP contribution in [-0.2, 0) is 4.79 Å². The minimum atomic E-state index is -0.247. The van der Waals surface area contributed by atoms with Gasteiger partial charge in [0, 0.05) is 13.1 Å². The van der Waals surface area contributed by atoms with E-state index in [1.165, 1.54) is 0 Å². The van der Waals surface area contributed by atoms with E-state index >= 15 is 0 Å². The molecular weight excluding hydrogens is 176 g/mol. The lowest BCUT2D eigenvalue weighted by Gasteiger charge is -2.33. The predicted molar refractivity (Wildman–Crippen MR) is 57.8 cm³/mol. The second-order valence-electron chi connectivity index (χ2n) is 4.75. The van der Waals surface area contributed by atoms with E-state index in [9.17, 15) is 4.79 Å². The molecule has 1 aliphatic rings. The summed E-state index contributed by atoms with van der Waals surface area (Å²) in [6.45, 7) is 8.34. The Morgan fingerprint density at radius 2 is 2.14 bits per heavy atom. The maximum Gasteiger partial charge on any atom is 0.239 e. The van der Waals surface area contributed by atoms with Crippen molar-refractivity contribution in [1.29, 1.82) is 0 Å². The Bertz CT molecular complexity index is 203. The Balaban J connectivity index is 2.47. The highest BCUT2D eigenvalue weighted by Gasteiger charge is 2.26. The van der Waals surface area contributed by atoms with Crippen molar-refractivity contribution < 1.29 is 4.79 Å². The molecule has 0 spiro atoms. The van der Waals surface area contributed by atoms with E-state index in [0.717, 1.165) is 25.9 Å². The largest absolute Gasteiger partial charge is 0.341 e. The zero-order valence-electron chi connectivity index (χ0n) is 9.49. The van der Waals surface area contributed by atoms with Crippen LogP contribution in [0.25, 0.3) is 0 Å². The van der Waals surface area contributed by atoms with Crippen LogP contribution in [-0.4, -0.2) is 29.9 Å². The third-order valence-electron chi connectivity index (χ3n) is 3.22. The molecule has 1 rings (SSSR count). The first-order valence-corrected chi connectivity index (χ1v) is 5.56. The molecule has 1 fully saturated rings. The molecule has 3 heteroatoms. The van der Waals surface area contributed by atoms with E-state index in [4.69, 9.17) is 5.73 Å². The number of likely N-dealkylation sites (tertiary alicyclic amines) is 1. The van der Waals surface area contributed by atoms with Crippen LogP contribution in [0.2, 0.25) is 0 Å². The summed E-state index contributed by atoms with van der Waals surface area (Å²) in [6.07, 6.45) is 1.91. The van der Waals surface area contributed by atoms with Gasteiger partial charge in [-0.05, 0) is 24.7 Å². The average molecular weight is 198 g/mol. The van der Waals surface area contributed by atoms with Gasteiger partial charge in [-0.2, -0.15) is 0 Å². The molecule has 0 aromatic carbocycles. The fraction of sp³-hybridized carbons (Fsp3) is 0.909. The van der Waals surface area contributed by atoms with Gasteiger partial charge in [-0.3, -0.25) is 4.79 Å². The van der Waals surface area contributed by atoms with Gasteiger partial charge in [0.2, 0.25) is 5.91 Å². The number of hydrogen-bond donors (Lipinski definition) is 1. The number of amides is 1. The number of rotatable bonds is 3. The summed E-state index contributed by atoms with van der Waals surface area (Å²) in [5.41, 5.74) is 5.73. The van der Waals surface area contributed by atoms with Crippen molar-refractivity contribution in [1.82, 2.24) is 4.90 Å². The molecule has 0 aromatic heterocycles. The molecule has 1 aliphatic heterocycles. The molecule has 82 valence electrons. The molecule has 1 amide bonds. The van der Waals surface area contributed by atoms with Crippen LogP contribution >= 0.6 is 0 Å². The second-order valence-corrected chi connectivity index (χ2v) is 4.75. The number of nitrogens with zero attached hydrogens (tertiary/aromatic N) is 1. The molecule has 0 radical (unpaired) electrons. The van der Waals surface area contributed by atoms with Gasteiger partial charge in [0.05, 0.1) is 6.04 Å². The summed E-state index contributed by atoms with van der Waals surface area (Å²) < 4.78 is 0. The highest BCUT2D eigenvalue weighted by atomic mass is 16.2. The normalized spacial score (nSPS) is 25.6. The SMILES string of the molecule is CC(C)C(C)CN1CCCC(N)C1=O. The summed E-state index contributed by atoms with van der Waals surface area (Å²) in [5.74, 6) is 1.33. The van der Waals surface area contributed by atoms with Crippen LogP contribution in [0.5, 0.6) is 0 Å². The molecule has 1 saturated heterocycles.